The Morgan fingerprint density at radius 1 is 1.16 bits per heavy atom. The summed E-state index contributed by atoms with van der Waals surface area (Å²) >= 11 is 1.70. The first-order valence-corrected chi connectivity index (χ1v) is 13.0. The predicted molar refractivity (Wildman–Crippen MR) is 123 cm³/mol. The Balaban J connectivity index is 1.30. The summed E-state index contributed by atoms with van der Waals surface area (Å²) in [5.74, 6) is 1.70. The monoisotopic (exact) mass is 454 g/mol. The van der Waals surface area contributed by atoms with E-state index < -0.39 is 10.0 Å². The average Bonchev–Trinajstić information content (AvgIpc) is 3.33. The Morgan fingerprint density at radius 3 is 2.71 bits per heavy atom. The molecule has 3 aliphatic rings. The zero-order chi connectivity index (χ0) is 21.4. The molecule has 1 N–H and O–H groups in total. The fraction of sp³-hybridized carbons (Fsp3) is 0.391. The normalized spacial score (nSPS) is 25.6. The molecule has 0 radical (unpaired) electrons. The number of fused-ring (bicyclic) bond motifs is 3. The lowest BCUT2D eigenvalue weighted by Gasteiger charge is -2.49. The minimum absolute atomic E-state index is 0.230. The van der Waals surface area contributed by atoms with Crippen LogP contribution >= 0.6 is 11.3 Å². The van der Waals surface area contributed by atoms with Gasteiger partial charge >= 0.3 is 0 Å². The van der Waals surface area contributed by atoms with Crippen LogP contribution in [0.5, 0.6) is 0 Å². The highest BCUT2D eigenvalue weighted by Crippen LogP contribution is 2.42. The van der Waals surface area contributed by atoms with Gasteiger partial charge in [0.15, 0.2) is 0 Å². The van der Waals surface area contributed by atoms with Crippen LogP contribution in [0.4, 0.5) is 0 Å². The zero-order valence-corrected chi connectivity index (χ0v) is 19.1. The van der Waals surface area contributed by atoms with Crippen molar-refractivity contribution in [3.8, 4) is 10.6 Å². The summed E-state index contributed by atoms with van der Waals surface area (Å²) in [6.45, 7) is 4.34. The number of thiophene rings is 1. The average molecular weight is 455 g/mol. The number of nitrogens with zero attached hydrogens (tertiary/aromatic N) is 3. The third kappa shape index (κ3) is 4.30. The number of rotatable bonds is 6. The molecule has 2 bridgehead atoms. The molecule has 0 saturated carbocycles. The molecule has 1 aromatic carbocycles. The van der Waals surface area contributed by atoms with Gasteiger partial charge in [-0.05, 0) is 61.9 Å². The van der Waals surface area contributed by atoms with Gasteiger partial charge in [0.05, 0.1) is 15.5 Å². The quantitative estimate of drug-likeness (QED) is 0.615. The van der Waals surface area contributed by atoms with Gasteiger partial charge in [0.1, 0.15) is 5.82 Å². The maximum absolute atomic E-state index is 12.6. The number of hydrogen-bond acceptors (Lipinski definition) is 6. The van der Waals surface area contributed by atoms with E-state index in [1.165, 1.54) is 4.88 Å². The first kappa shape index (κ1) is 20.8. The Labute approximate surface area is 187 Å². The molecule has 162 valence electrons. The van der Waals surface area contributed by atoms with Crippen LogP contribution in [0.2, 0.25) is 0 Å². The molecule has 3 saturated heterocycles. The predicted octanol–water partition coefficient (Wildman–Crippen LogP) is 3.67. The second-order valence-corrected chi connectivity index (χ2v) is 11.1. The van der Waals surface area contributed by atoms with Gasteiger partial charge in [0.2, 0.25) is 10.0 Å². The molecular formula is C23H26N4O2S2. The Hall–Kier alpha value is -2.13. The molecule has 2 aromatic heterocycles. The first-order valence-electron chi connectivity index (χ1n) is 10.7. The van der Waals surface area contributed by atoms with Gasteiger partial charge in [-0.3, -0.25) is 4.90 Å². The molecule has 0 spiro atoms. The maximum atomic E-state index is 12.6. The van der Waals surface area contributed by atoms with E-state index >= 15 is 0 Å². The SMILES string of the molecule is Cc1nc(-c2cccs2)cc([C@H]2CN3CC[C@H]2C[C@@H]3CNS(=O)(=O)c2ccccc2)n1. The van der Waals surface area contributed by atoms with E-state index in [2.05, 4.69) is 32.1 Å². The Bertz CT molecular complexity index is 1150. The van der Waals surface area contributed by atoms with Crippen LogP contribution in [-0.4, -0.2) is 49.0 Å². The standard InChI is InChI=1S/C23H26N4O2S2/c1-16-25-21(13-22(26-16)23-8-5-11-30-23)20-15-27-10-9-17(20)12-18(27)14-24-31(28,29)19-6-3-2-4-7-19/h2-8,11,13,17-18,20,24H,9-10,12,14-15H2,1H3/t17-,18+,20-/m0/s1. The summed E-state index contributed by atoms with van der Waals surface area (Å²) < 4.78 is 28.0. The van der Waals surface area contributed by atoms with E-state index in [1.807, 2.05) is 19.1 Å². The Kier molecular flexibility index (Phi) is 5.64. The molecule has 0 aliphatic carbocycles. The van der Waals surface area contributed by atoms with Gasteiger partial charge in [-0.15, -0.1) is 11.3 Å². The van der Waals surface area contributed by atoms with Crippen LogP contribution in [0.25, 0.3) is 10.6 Å². The summed E-state index contributed by atoms with van der Waals surface area (Å²) in [4.78, 5) is 13.4. The molecule has 5 heterocycles. The summed E-state index contributed by atoms with van der Waals surface area (Å²) in [5.41, 5.74) is 2.12. The number of aromatic nitrogens is 2. The van der Waals surface area contributed by atoms with Crippen molar-refractivity contribution in [1.82, 2.24) is 19.6 Å². The fourth-order valence-electron chi connectivity index (χ4n) is 4.91. The summed E-state index contributed by atoms with van der Waals surface area (Å²) in [7, 11) is -3.47. The van der Waals surface area contributed by atoms with Crippen molar-refractivity contribution in [2.24, 2.45) is 5.92 Å². The molecule has 8 heteroatoms. The highest BCUT2D eigenvalue weighted by molar-refractivity contribution is 7.89. The lowest BCUT2D eigenvalue weighted by molar-refractivity contribution is 0.0317. The fourth-order valence-corrected chi connectivity index (χ4v) is 6.69. The Morgan fingerprint density at radius 2 is 2.00 bits per heavy atom. The second kappa shape index (κ2) is 8.43. The van der Waals surface area contributed by atoms with Crippen LogP contribution in [0.15, 0.2) is 58.8 Å². The molecule has 31 heavy (non-hydrogen) atoms. The van der Waals surface area contributed by atoms with E-state index in [9.17, 15) is 8.42 Å². The van der Waals surface area contributed by atoms with Gasteiger partial charge in [-0.25, -0.2) is 23.1 Å². The van der Waals surface area contributed by atoms with Crippen molar-refractivity contribution in [3.63, 3.8) is 0 Å². The van der Waals surface area contributed by atoms with Crippen LogP contribution in [0, 0.1) is 12.8 Å². The van der Waals surface area contributed by atoms with Gasteiger partial charge in [0, 0.05) is 30.7 Å². The lowest BCUT2D eigenvalue weighted by Crippen LogP contribution is -2.56. The number of nitrogens with one attached hydrogen (secondary N) is 1. The van der Waals surface area contributed by atoms with Crippen LogP contribution < -0.4 is 4.72 Å². The number of piperidine rings is 3. The van der Waals surface area contributed by atoms with Gasteiger partial charge in [-0.2, -0.15) is 0 Å². The number of hydrogen-bond donors (Lipinski definition) is 1. The molecule has 1 unspecified atom stereocenters. The van der Waals surface area contributed by atoms with Crippen molar-refractivity contribution in [2.75, 3.05) is 19.6 Å². The lowest BCUT2D eigenvalue weighted by atomic mass is 9.74. The molecule has 3 aromatic rings. The highest BCUT2D eigenvalue weighted by atomic mass is 32.2. The third-order valence-electron chi connectivity index (χ3n) is 6.45. The van der Waals surface area contributed by atoms with Crippen molar-refractivity contribution in [1.29, 1.82) is 0 Å². The third-order valence-corrected chi connectivity index (χ3v) is 8.78. The highest BCUT2D eigenvalue weighted by Gasteiger charge is 2.41. The summed E-state index contributed by atoms with van der Waals surface area (Å²) in [6, 6.07) is 15.1. The van der Waals surface area contributed by atoms with Crippen molar-refractivity contribution >= 4 is 21.4 Å². The molecule has 4 atom stereocenters. The largest absolute Gasteiger partial charge is 0.298 e. The molecular weight excluding hydrogens is 428 g/mol. The van der Waals surface area contributed by atoms with Crippen LogP contribution in [-0.2, 0) is 10.0 Å². The maximum Gasteiger partial charge on any atom is 0.240 e. The van der Waals surface area contributed by atoms with E-state index in [4.69, 9.17) is 4.98 Å². The van der Waals surface area contributed by atoms with Crippen molar-refractivity contribution in [3.05, 3.63) is 65.4 Å². The van der Waals surface area contributed by atoms with Gasteiger partial charge in [0.25, 0.3) is 0 Å². The first-order chi connectivity index (χ1) is 15.0. The smallest absolute Gasteiger partial charge is 0.240 e. The van der Waals surface area contributed by atoms with Gasteiger partial charge < -0.3 is 0 Å². The molecule has 6 rings (SSSR count). The second-order valence-electron chi connectivity index (χ2n) is 8.41. The van der Waals surface area contributed by atoms with Crippen LogP contribution in [0.1, 0.15) is 30.3 Å². The summed E-state index contributed by atoms with van der Waals surface area (Å²) in [6.07, 6.45) is 2.11. The number of aryl methyl sites for hydroxylation is 1. The molecule has 6 nitrogen and oxygen atoms in total. The van der Waals surface area contributed by atoms with E-state index in [1.54, 1.807) is 35.6 Å². The topological polar surface area (TPSA) is 75.2 Å². The van der Waals surface area contributed by atoms with Crippen molar-refractivity contribution in [2.45, 2.75) is 36.6 Å². The molecule has 0 amide bonds. The van der Waals surface area contributed by atoms with E-state index in [-0.39, 0.29) is 6.04 Å². The minimum atomic E-state index is -3.47. The molecule has 3 aliphatic heterocycles. The minimum Gasteiger partial charge on any atom is -0.298 e. The summed E-state index contributed by atoms with van der Waals surface area (Å²) in [5, 5.41) is 2.07. The molecule has 3 fully saturated rings. The van der Waals surface area contributed by atoms with E-state index in [0.717, 1.165) is 43.1 Å². The zero-order valence-electron chi connectivity index (χ0n) is 17.4. The van der Waals surface area contributed by atoms with Crippen LogP contribution in [0.3, 0.4) is 0 Å². The number of benzene rings is 1. The van der Waals surface area contributed by atoms with Crippen molar-refractivity contribution < 1.29 is 8.42 Å². The van der Waals surface area contributed by atoms with E-state index in [0.29, 0.717) is 23.3 Å². The van der Waals surface area contributed by atoms with Gasteiger partial charge in [-0.1, -0.05) is 24.3 Å². The number of sulfonamides is 1.